The lowest BCUT2D eigenvalue weighted by Gasteiger charge is -2.32. The smallest absolute Gasteiger partial charge is 0.185 e. The van der Waals surface area contributed by atoms with Crippen molar-refractivity contribution in [2.45, 2.75) is 57.1 Å². The molecule has 0 saturated heterocycles. The second kappa shape index (κ2) is 10.8. The first-order valence-corrected chi connectivity index (χ1v) is 11.8. The molecule has 1 saturated carbocycles. The van der Waals surface area contributed by atoms with E-state index >= 15 is 0 Å². The number of nitrogens with zero attached hydrogens (tertiary/aromatic N) is 2. The van der Waals surface area contributed by atoms with Gasteiger partial charge in [0.25, 0.3) is 0 Å². The van der Waals surface area contributed by atoms with Crippen LogP contribution in [0, 0.1) is 5.82 Å². The fraction of sp³-hybridized carbons (Fsp3) is 0.370. The van der Waals surface area contributed by atoms with E-state index in [-0.39, 0.29) is 29.9 Å². The number of pyridine rings is 2. The van der Waals surface area contributed by atoms with Crippen LogP contribution < -0.4 is 10.5 Å². The van der Waals surface area contributed by atoms with E-state index < -0.39 is 11.9 Å². The van der Waals surface area contributed by atoms with Gasteiger partial charge in [0.1, 0.15) is 17.3 Å². The Labute approximate surface area is 199 Å². The number of halogens is 1. The Balaban J connectivity index is 1.56. The molecule has 3 atom stereocenters. The molecule has 3 aromatic rings. The van der Waals surface area contributed by atoms with E-state index in [0.717, 1.165) is 24.0 Å². The summed E-state index contributed by atoms with van der Waals surface area (Å²) in [6, 6.07) is 11.2. The number of hydrogen-bond donors (Lipinski definition) is 2. The number of aliphatic hydroxyl groups excluding tert-OH is 1. The number of rotatable bonds is 8. The van der Waals surface area contributed by atoms with Crippen molar-refractivity contribution in [2.24, 2.45) is 5.73 Å². The Morgan fingerprint density at radius 2 is 2.09 bits per heavy atom. The molecule has 7 heteroatoms. The second-order valence-electron chi connectivity index (χ2n) is 8.81. The maximum Gasteiger partial charge on any atom is 0.185 e. The van der Waals surface area contributed by atoms with Gasteiger partial charge in [0.15, 0.2) is 5.78 Å². The first-order valence-electron chi connectivity index (χ1n) is 11.8. The topological polar surface area (TPSA) is 98.3 Å². The van der Waals surface area contributed by atoms with E-state index in [0.29, 0.717) is 36.5 Å². The summed E-state index contributed by atoms with van der Waals surface area (Å²) in [4.78, 5) is 21.9. The van der Waals surface area contributed by atoms with Crippen LogP contribution >= 0.6 is 0 Å². The van der Waals surface area contributed by atoms with E-state index in [1.165, 1.54) is 6.07 Å². The van der Waals surface area contributed by atoms with Crippen LogP contribution in [0.2, 0.25) is 0 Å². The summed E-state index contributed by atoms with van der Waals surface area (Å²) in [6.45, 7) is 2.54. The maximum atomic E-state index is 14.6. The number of benzene rings is 1. The molecule has 0 bridgehead atoms. The molecule has 0 spiro atoms. The third-order valence-corrected chi connectivity index (χ3v) is 6.32. The standard InChI is InChI=1S/C27H30FN3O3/c1-2-12-34-19-7-8-22(28)21(15-19)24-4-3-5-25(31-24)27(33)14-18-16-30-11-10-20(18)17-6-9-26(32)23(29)13-17/h3-5,7-8,10-11,15-17,23,26,32H,2,6,9,12-14,29H2,1H3/t17-,23-,26+/m1/s1. The molecule has 4 rings (SSSR count). The Hall–Kier alpha value is -3.16. The van der Waals surface area contributed by atoms with Gasteiger partial charge in [-0.2, -0.15) is 0 Å². The Morgan fingerprint density at radius 1 is 1.24 bits per heavy atom. The van der Waals surface area contributed by atoms with Crippen LogP contribution in [0.5, 0.6) is 5.75 Å². The van der Waals surface area contributed by atoms with Gasteiger partial charge in [-0.3, -0.25) is 9.78 Å². The van der Waals surface area contributed by atoms with E-state index in [9.17, 15) is 14.3 Å². The van der Waals surface area contributed by atoms with Gasteiger partial charge in [-0.05, 0) is 79.1 Å². The lowest BCUT2D eigenvalue weighted by atomic mass is 9.78. The van der Waals surface area contributed by atoms with E-state index in [4.69, 9.17) is 10.5 Å². The minimum Gasteiger partial charge on any atom is -0.494 e. The molecule has 0 unspecified atom stereocenters. The highest BCUT2D eigenvalue weighted by Gasteiger charge is 2.29. The predicted molar refractivity (Wildman–Crippen MR) is 128 cm³/mol. The Morgan fingerprint density at radius 3 is 2.88 bits per heavy atom. The fourth-order valence-electron chi connectivity index (χ4n) is 4.47. The van der Waals surface area contributed by atoms with Crippen LogP contribution in [0.4, 0.5) is 4.39 Å². The molecule has 1 aromatic carbocycles. The van der Waals surface area contributed by atoms with Crippen LogP contribution in [-0.2, 0) is 6.42 Å². The highest BCUT2D eigenvalue weighted by atomic mass is 19.1. The number of carbonyl (C=O) groups is 1. The third kappa shape index (κ3) is 5.48. The van der Waals surface area contributed by atoms with Crippen LogP contribution in [0.15, 0.2) is 54.9 Å². The molecule has 2 heterocycles. The zero-order valence-electron chi connectivity index (χ0n) is 19.3. The number of nitrogens with two attached hydrogens (primary N) is 1. The zero-order chi connectivity index (χ0) is 24.1. The molecular formula is C27H30FN3O3. The van der Waals surface area contributed by atoms with Crippen molar-refractivity contribution in [1.82, 2.24) is 9.97 Å². The Kier molecular flexibility index (Phi) is 7.65. The minimum atomic E-state index is -0.485. The summed E-state index contributed by atoms with van der Waals surface area (Å²) < 4.78 is 20.2. The molecule has 1 aliphatic rings. The van der Waals surface area contributed by atoms with E-state index in [2.05, 4.69) is 9.97 Å². The maximum absolute atomic E-state index is 14.6. The molecule has 3 N–H and O–H groups in total. The predicted octanol–water partition coefficient (Wildman–Crippen LogP) is 4.45. The highest BCUT2D eigenvalue weighted by molar-refractivity contribution is 5.96. The van der Waals surface area contributed by atoms with E-state index in [1.807, 2.05) is 13.0 Å². The largest absolute Gasteiger partial charge is 0.494 e. The second-order valence-corrected chi connectivity index (χ2v) is 8.81. The van der Waals surface area contributed by atoms with Gasteiger partial charge in [0, 0.05) is 30.4 Å². The number of Topliss-reactive ketones (excluding diaryl/α,β-unsaturated/α-hetero) is 1. The molecule has 0 amide bonds. The number of carbonyl (C=O) groups excluding carboxylic acids is 1. The molecule has 6 nitrogen and oxygen atoms in total. The quantitative estimate of drug-likeness (QED) is 0.479. The average Bonchev–Trinajstić information content (AvgIpc) is 2.85. The van der Waals surface area contributed by atoms with Gasteiger partial charge in [-0.1, -0.05) is 13.0 Å². The molecule has 1 aliphatic carbocycles. The number of aromatic nitrogens is 2. The van der Waals surface area contributed by atoms with Gasteiger partial charge in [0.2, 0.25) is 0 Å². The van der Waals surface area contributed by atoms with E-state index in [1.54, 1.807) is 42.7 Å². The van der Waals surface area contributed by atoms with Gasteiger partial charge < -0.3 is 15.6 Å². The number of ether oxygens (including phenoxy) is 1. The average molecular weight is 464 g/mol. The van der Waals surface area contributed by atoms with Crippen molar-refractivity contribution >= 4 is 5.78 Å². The van der Waals surface area contributed by atoms with Gasteiger partial charge in [-0.25, -0.2) is 9.37 Å². The lowest BCUT2D eigenvalue weighted by Crippen LogP contribution is -2.39. The summed E-state index contributed by atoms with van der Waals surface area (Å²) in [6.07, 6.45) is 6.03. The van der Waals surface area contributed by atoms with Crippen molar-refractivity contribution in [2.75, 3.05) is 6.61 Å². The molecule has 0 radical (unpaired) electrons. The van der Waals surface area contributed by atoms with Crippen LogP contribution in [0.3, 0.4) is 0 Å². The van der Waals surface area contributed by atoms with Crippen molar-refractivity contribution in [3.63, 3.8) is 0 Å². The number of aliphatic hydroxyl groups is 1. The summed E-state index contributed by atoms with van der Waals surface area (Å²) in [5, 5.41) is 9.97. The molecule has 0 aliphatic heterocycles. The normalized spacial score (nSPS) is 20.2. The SMILES string of the molecule is CCCOc1ccc(F)c(-c2cccc(C(=O)Cc3cnccc3[C@@H]3CC[C@H](O)[C@H](N)C3)n2)c1. The molecule has 1 fully saturated rings. The van der Waals surface area contributed by atoms with Crippen LogP contribution in [0.25, 0.3) is 11.3 Å². The van der Waals surface area contributed by atoms with Crippen molar-refractivity contribution < 1.29 is 19.0 Å². The molecule has 34 heavy (non-hydrogen) atoms. The number of hydrogen-bond acceptors (Lipinski definition) is 6. The third-order valence-electron chi connectivity index (χ3n) is 6.32. The van der Waals surface area contributed by atoms with Crippen molar-refractivity contribution in [1.29, 1.82) is 0 Å². The molecule has 2 aromatic heterocycles. The van der Waals surface area contributed by atoms with Crippen LogP contribution in [-0.4, -0.2) is 39.6 Å². The zero-order valence-corrected chi connectivity index (χ0v) is 19.3. The summed E-state index contributed by atoms with van der Waals surface area (Å²) in [5.41, 5.74) is 8.89. The van der Waals surface area contributed by atoms with Gasteiger partial charge in [0.05, 0.1) is 18.4 Å². The van der Waals surface area contributed by atoms with Crippen molar-refractivity contribution in [3.05, 3.63) is 77.5 Å². The van der Waals surface area contributed by atoms with Gasteiger partial charge in [-0.15, -0.1) is 0 Å². The summed E-state index contributed by atoms with van der Waals surface area (Å²) in [7, 11) is 0. The summed E-state index contributed by atoms with van der Waals surface area (Å²) >= 11 is 0. The first-order chi connectivity index (χ1) is 16.5. The first kappa shape index (κ1) is 24.0. The Bertz CT molecular complexity index is 1150. The molecular weight excluding hydrogens is 433 g/mol. The molecule has 178 valence electrons. The summed E-state index contributed by atoms with van der Waals surface area (Å²) in [5.74, 6) is 0.136. The lowest BCUT2D eigenvalue weighted by molar-refractivity contribution is 0.0977. The highest BCUT2D eigenvalue weighted by Crippen LogP contribution is 2.34. The minimum absolute atomic E-state index is 0.135. The number of ketones is 1. The monoisotopic (exact) mass is 463 g/mol. The fourth-order valence-corrected chi connectivity index (χ4v) is 4.47. The van der Waals surface area contributed by atoms with Crippen LogP contribution in [0.1, 0.15) is 60.1 Å². The van der Waals surface area contributed by atoms with Crippen molar-refractivity contribution in [3.8, 4) is 17.0 Å². The van der Waals surface area contributed by atoms with Gasteiger partial charge >= 0.3 is 0 Å².